The van der Waals surface area contributed by atoms with Crippen LogP contribution in [0, 0.1) is 0 Å². The lowest BCUT2D eigenvalue weighted by Crippen LogP contribution is -1.97. The number of ether oxygens (including phenoxy) is 4. The Balaban J connectivity index is 1.87. The van der Waals surface area contributed by atoms with Gasteiger partial charge >= 0.3 is 0 Å². The number of rotatable bonds is 8. The normalized spacial score (nSPS) is 10.7. The Bertz CT molecular complexity index is 1030. The van der Waals surface area contributed by atoms with E-state index in [1.165, 1.54) is 6.08 Å². The maximum atomic E-state index is 12.4. The van der Waals surface area contributed by atoms with Gasteiger partial charge in [0.2, 0.25) is 5.75 Å². The summed E-state index contributed by atoms with van der Waals surface area (Å²) in [6.07, 6.45) is 3.19. The molecule has 1 aromatic heterocycles. The van der Waals surface area contributed by atoms with Crippen LogP contribution < -0.4 is 18.9 Å². The minimum atomic E-state index is -0.113. The molecule has 3 rings (SSSR count). The molecule has 0 aliphatic rings. The summed E-state index contributed by atoms with van der Waals surface area (Å²) in [5.41, 5.74) is 2.76. The Labute approximate surface area is 175 Å². The molecule has 0 aliphatic carbocycles. The van der Waals surface area contributed by atoms with Crippen LogP contribution in [0.1, 0.15) is 16.1 Å². The van der Waals surface area contributed by atoms with Crippen molar-refractivity contribution in [3.63, 3.8) is 0 Å². The zero-order chi connectivity index (χ0) is 21.5. The molecule has 0 amide bonds. The minimum Gasteiger partial charge on any atom is -0.497 e. The zero-order valence-electron chi connectivity index (χ0n) is 17.3. The molecule has 0 saturated heterocycles. The van der Waals surface area contributed by atoms with E-state index in [2.05, 4.69) is 4.98 Å². The van der Waals surface area contributed by atoms with Crippen molar-refractivity contribution >= 4 is 11.9 Å². The van der Waals surface area contributed by atoms with Gasteiger partial charge in [-0.1, -0.05) is 6.07 Å². The quantitative estimate of drug-likeness (QED) is 0.400. The molecule has 0 bridgehead atoms. The first-order valence-electron chi connectivity index (χ1n) is 9.23. The summed E-state index contributed by atoms with van der Waals surface area (Å²) in [5.74, 6) is 2.20. The van der Waals surface area contributed by atoms with E-state index in [0.29, 0.717) is 39.9 Å². The van der Waals surface area contributed by atoms with Crippen LogP contribution in [0.15, 0.2) is 60.7 Å². The van der Waals surface area contributed by atoms with E-state index in [1.807, 2.05) is 30.3 Å². The number of hydrogen-bond acceptors (Lipinski definition) is 6. The molecule has 0 saturated carbocycles. The van der Waals surface area contributed by atoms with Crippen molar-refractivity contribution in [3.8, 4) is 34.3 Å². The average molecular weight is 405 g/mol. The van der Waals surface area contributed by atoms with Crippen molar-refractivity contribution in [1.82, 2.24) is 4.98 Å². The van der Waals surface area contributed by atoms with Crippen LogP contribution in [-0.2, 0) is 0 Å². The smallest absolute Gasteiger partial charge is 0.203 e. The molecule has 1 heterocycles. The summed E-state index contributed by atoms with van der Waals surface area (Å²) in [4.78, 5) is 17.0. The van der Waals surface area contributed by atoms with Gasteiger partial charge in [-0.2, -0.15) is 0 Å². The van der Waals surface area contributed by atoms with Crippen LogP contribution in [-0.4, -0.2) is 39.2 Å². The molecule has 154 valence electrons. The van der Waals surface area contributed by atoms with Gasteiger partial charge in [0.1, 0.15) is 5.75 Å². The predicted molar refractivity (Wildman–Crippen MR) is 116 cm³/mol. The molecular formula is C24H23NO5. The highest BCUT2D eigenvalue weighted by molar-refractivity contribution is 6.06. The van der Waals surface area contributed by atoms with Gasteiger partial charge in [0, 0.05) is 11.1 Å². The second kappa shape index (κ2) is 9.60. The molecule has 0 atom stereocenters. The number of methoxy groups -OCH3 is 4. The number of carbonyl (C=O) groups excluding carboxylic acids is 1. The fourth-order valence-corrected chi connectivity index (χ4v) is 2.95. The molecule has 3 aromatic rings. The lowest BCUT2D eigenvalue weighted by atomic mass is 10.1. The molecule has 6 nitrogen and oxygen atoms in total. The number of hydrogen-bond donors (Lipinski definition) is 0. The fraction of sp³-hybridized carbons (Fsp3) is 0.167. The van der Waals surface area contributed by atoms with E-state index in [1.54, 1.807) is 58.8 Å². The molecule has 6 heteroatoms. The first-order valence-corrected chi connectivity index (χ1v) is 9.23. The lowest BCUT2D eigenvalue weighted by molar-refractivity contribution is 0.104. The molecule has 0 unspecified atom stereocenters. The Hall–Kier alpha value is -3.80. The minimum absolute atomic E-state index is 0.113. The van der Waals surface area contributed by atoms with Crippen LogP contribution in [0.25, 0.3) is 17.3 Å². The van der Waals surface area contributed by atoms with Crippen molar-refractivity contribution in [2.24, 2.45) is 0 Å². The Morgan fingerprint density at radius 1 is 0.833 bits per heavy atom. The standard InChI is InChI=1S/C24H23NO5/c1-27-19-11-8-16(9-12-19)21(26)13-10-18-6-5-7-20(25-18)17-14-22(28-2)24(30-4)23(15-17)29-3/h5-15H,1-4H3. The molecule has 0 spiro atoms. The number of nitrogens with zero attached hydrogens (tertiary/aromatic N) is 1. The van der Waals surface area contributed by atoms with Gasteiger partial charge in [-0.25, -0.2) is 4.98 Å². The van der Waals surface area contributed by atoms with Crippen molar-refractivity contribution in [1.29, 1.82) is 0 Å². The Morgan fingerprint density at radius 3 is 2.07 bits per heavy atom. The summed E-state index contributed by atoms with van der Waals surface area (Å²) in [7, 11) is 6.28. The van der Waals surface area contributed by atoms with Crippen molar-refractivity contribution < 1.29 is 23.7 Å². The highest BCUT2D eigenvalue weighted by Crippen LogP contribution is 2.40. The second-order valence-corrected chi connectivity index (χ2v) is 6.29. The van der Waals surface area contributed by atoms with Crippen LogP contribution in [0.3, 0.4) is 0 Å². The number of carbonyl (C=O) groups is 1. The average Bonchev–Trinajstić information content (AvgIpc) is 2.81. The number of pyridine rings is 1. The summed E-state index contributed by atoms with van der Waals surface area (Å²) < 4.78 is 21.3. The Morgan fingerprint density at radius 2 is 1.50 bits per heavy atom. The van der Waals surface area contributed by atoms with Gasteiger partial charge in [0.25, 0.3) is 0 Å². The zero-order valence-corrected chi connectivity index (χ0v) is 17.3. The lowest BCUT2D eigenvalue weighted by Gasteiger charge is -2.14. The van der Waals surface area contributed by atoms with Gasteiger partial charge in [-0.05, 0) is 60.7 Å². The van der Waals surface area contributed by atoms with E-state index in [9.17, 15) is 4.79 Å². The molecular weight excluding hydrogens is 382 g/mol. The van der Waals surface area contributed by atoms with Crippen molar-refractivity contribution in [3.05, 3.63) is 71.9 Å². The number of ketones is 1. The van der Waals surface area contributed by atoms with Gasteiger partial charge in [-0.15, -0.1) is 0 Å². The van der Waals surface area contributed by atoms with Crippen LogP contribution >= 0.6 is 0 Å². The number of aromatic nitrogens is 1. The maximum Gasteiger partial charge on any atom is 0.203 e. The largest absolute Gasteiger partial charge is 0.497 e. The summed E-state index contributed by atoms with van der Waals surface area (Å²) >= 11 is 0. The third-order valence-corrected chi connectivity index (χ3v) is 4.51. The molecule has 0 aliphatic heterocycles. The van der Waals surface area contributed by atoms with Crippen molar-refractivity contribution in [2.45, 2.75) is 0 Å². The highest BCUT2D eigenvalue weighted by Gasteiger charge is 2.14. The molecule has 30 heavy (non-hydrogen) atoms. The fourth-order valence-electron chi connectivity index (χ4n) is 2.95. The van der Waals surface area contributed by atoms with Crippen LogP contribution in [0.5, 0.6) is 23.0 Å². The molecule has 0 fully saturated rings. The van der Waals surface area contributed by atoms with Gasteiger partial charge < -0.3 is 18.9 Å². The first kappa shape index (κ1) is 20.9. The van der Waals surface area contributed by atoms with Crippen LogP contribution in [0.4, 0.5) is 0 Å². The Kier molecular flexibility index (Phi) is 6.70. The van der Waals surface area contributed by atoms with E-state index in [-0.39, 0.29) is 5.78 Å². The number of benzene rings is 2. The van der Waals surface area contributed by atoms with E-state index in [0.717, 1.165) is 5.56 Å². The third kappa shape index (κ3) is 4.60. The SMILES string of the molecule is COc1ccc(C(=O)C=Cc2cccc(-c3cc(OC)c(OC)c(OC)c3)n2)cc1. The second-order valence-electron chi connectivity index (χ2n) is 6.29. The molecule has 2 aromatic carbocycles. The number of allylic oxidation sites excluding steroid dienone is 1. The topological polar surface area (TPSA) is 66.9 Å². The van der Waals surface area contributed by atoms with Crippen LogP contribution in [0.2, 0.25) is 0 Å². The first-order chi connectivity index (χ1) is 14.6. The summed E-state index contributed by atoms with van der Waals surface area (Å²) in [6.45, 7) is 0. The monoisotopic (exact) mass is 405 g/mol. The van der Waals surface area contributed by atoms with Crippen molar-refractivity contribution in [2.75, 3.05) is 28.4 Å². The summed E-state index contributed by atoms with van der Waals surface area (Å²) in [6, 6.07) is 16.2. The van der Waals surface area contributed by atoms with Gasteiger partial charge in [0.05, 0.1) is 39.8 Å². The molecule has 0 N–H and O–H groups in total. The van der Waals surface area contributed by atoms with Gasteiger partial charge in [0.15, 0.2) is 17.3 Å². The van der Waals surface area contributed by atoms with E-state index < -0.39 is 0 Å². The summed E-state index contributed by atoms with van der Waals surface area (Å²) in [5, 5.41) is 0. The highest BCUT2D eigenvalue weighted by atomic mass is 16.5. The predicted octanol–water partition coefficient (Wildman–Crippen LogP) is 4.68. The maximum absolute atomic E-state index is 12.4. The van der Waals surface area contributed by atoms with Gasteiger partial charge in [-0.3, -0.25) is 4.79 Å². The van der Waals surface area contributed by atoms with E-state index in [4.69, 9.17) is 18.9 Å². The third-order valence-electron chi connectivity index (χ3n) is 4.51. The molecule has 0 radical (unpaired) electrons. The van der Waals surface area contributed by atoms with E-state index >= 15 is 0 Å².